The van der Waals surface area contributed by atoms with Gasteiger partial charge in [-0.15, -0.1) is 0 Å². The zero-order valence-corrected chi connectivity index (χ0v) is 23.2. The molecular formula is C6H36N6O18P6. The van der Waals surface area contributed by atoms with Gasteiger partial charge in [0.05, 0.1) is 0 Å². The van der Waals surface area contributed by atoms with Gasteiger partial charge < -0.3 is 89.4 Å². The Morgan fingerprint density at radius 2 is 0.472 bits per heavy atom. The van der Waals surface area contributed by atoms with E-state index < -0.39 is 68.5 Å². The first-order chi connectivity index (χ1) is 15.6. The third-order valence-electron chi connectivity index (χ3n) is 2.17. The second-order valence-electron chi connectivity index (χ2n) is 5.08. The topological polar surface area (TPSA) is 520 Å². The average Bonchev–Trinajstić information content (AvgIpc) is 2.49. The molecule has 1 aliphatic carbocycles. The van der Waals surface area contributed by atoms with Crippen LogP contribution in [0.2, 0.25) is 0 Å². The standard InChI is InChI=1S/C6H12O6.6H4NO2P/c7-4(8)2-1-3-5(9,10)6(4,11)12;6*1-4(2)3/h7-12H,1-3H2;6*2-3H,1H2. The lowest BCUT2D eigenvalue weighted by atomic mass is 9.83. The van der Waals surface area contributed by atoms with Crippen LogP contribution in [0.15, 0.2) is 0 Å². The first-order valence-electron chi connectivity index (χ1n) is 7.50. The van der Waals surface area contributed by atoms with Crippen LogP contribution in [0.5, 0.6) is 0 Å². The highest BCUT2D eigenvalue weighted by atomic mass is 31.2. The van der Waals surface area contributed by atoms with Crippen LogP contribution in [0.3, 0.4) is 0 Å². The van der Waals surface area contributed by atoms with E-state index in [1.807, 2.05) is 0 Å². The second kappa shape index (κ2) is 28.2. The summed E-state index contributed by atoms with van der Waals surface area (Å²) in [4.78, 5) is 89.4. The Labute approximate surface area is 210 Å². The Kier molecular flexibility index (Phi) is 39.5. The fraction of sp³-hybridized carbons (Fsp3) is 1.00. The van der Waals surface area contributed by atoms with Gasteiger partial charge in [-0.05, 0) is 6.42 Å². The van der Waals surface area contributed by atoms with Gasteiger partial charge in [-0.1, -0.05) is 0 Å². The van der Waals surface area contributed by atoms with Crippen molar-refractivity contribution in [3.8, 4) is 0 Å². The number of rotatable bonds is 0. The Morgan fingerprint density at radius 3 is 0.556 bits per heavy atom. The van der Waals surface area contributed by atoms with Crippen molar-refractivity contribution in [2.75, 3.05) is 0 Å². The summed E-state index contributed by atoms with van der Waals surface area (Å²) >= 11 is 0. The summed E-state index contributed by atoms with van der Waals surface area (Å²) in [5, 5.41) is 53.9. The summed E-state index contributed by atoms with van der Waals surface area (Å²) in [6.45, 7) is 0. The molecule has 1 saturated carbocycles. The largest absolute Gasteiger partial charge is 0.361 e. The fourth-order valence-corrected chi connectivity index (χ4v) is 1.25. The highest BCUT2D eigenvalue weighted by Crippen LogP contribution is 2.39. The lowest BCUT2D eigenvalue weighted by Gasteiger charge is -2.46. The number of nitrogens with two attached hydrogens (primary N) is 6. The van der Waals surface area contributed by atoms with Crippen LogP contribution >= 0.6 is 51.2 Å². The predicted molar refractivity (Wildman–Crippen MR) is 129 cm³/mol. The molecule has 1 rings (SSSR count). The quantitative estimate of drug-likeness (QED) is 0.0843. The van der Waals surface area contributed by atoms with Crippen LogP contribution in [0.25, 0.3) is 0 Å². The van der Waals surface area contributed by atoms with Crippen LogP contribution in [-0.4, -0.2) is 107 Å². The Bertz CT molecular complexity index is 372. The second-order valence-corrected chi connectivity index (χ2v) is 8.93. The third-order valence-corrected chi connectivity index (χ3v) is 2.17. The summed E-state index contributed by atoms with van der Waals surface area (Å²) in [6, 6.07) is 0. The SMILES string of the molecule is NP(O)O.NP(O)O.NP(O)O.NP(O)O.NP(O)O.NP(O)O.OC1(O)CCCC(O)(O)C1(O)O. The normalized spacial score (nSPS) is 16.5. The van der Waals surface area contributed by atoms with E-state index in [1.165, 1.54) is 0 Å². The molecule has 36 heavy (non-hydrogen) atoms. The van der Waals surface area contributed by atoms with Crippen molar-refractivity contribution in [3.63, 3.8) is 0 Å². The first kappa shape index (κ1) is 50.5. The van der Waals surface area contributed by atoms with E-state index in [9.17, 15) is 0 Å². The summed E-state index contributed by atoms with van der Waals surface area (Å²) in [7, 11) is -12.7. The summed E-state index contributed by atoms with van der Waals surface area (Å²) in [5.74, 6) is -9.07. The van der Waals surface area contributed by atoms with E-state index in [4.69, 9.17) is 89.4 Å². The van der Waals surface area contributed by atoms with Crippen molar-refractivity contribution in [1.82, 2.24) is 0 Å². The predicted octanol–water partition coefficient (Wildman–Crippen LogP) is -7.85. The van der Waals surface area contributed by atoms with Gasteiger partial charge in [0.2, 0.25) is 62.7 Å². The molecular weight excluding hydrogens is 630 g/mol. The lowest BCUT2D eigenvalue weighted by molar-refractivity contribution is -0.466. The number of aliphatic hydroxyl groups is 6. The molecule has 0 amide bonds. The Hall–Kier alpha value is 1.62. The zero-order valence-electron chi connectivity index (χ0n) is 17.8. The van der Waals surface area contributed by atoms with Crippen LogP contribution in [-0.2, 0) is 0 Å². The van der Waals surface area contributed by atoms with Gasteiger partial charge in [-0.2, -0.15) is 0 Å². The molecule has 0 heterocycles. The smallest absolute Gasteiger partial charge is 0.274 e. The molecule has 1 aliphatic rings. The molecule has 30 heteroatoms. The fourth-order valence-electron chi connectivity index (χ4n) is 1.25. The van der Waals surface area contributed by atoms with E-state index in [0.29, 0.717) is 0 Å². The van der Waals surface area contributed by atoms with Crippen molar-refractivity contribution in [2.24, 2.45) is 33.0 Å². The molecule has 0 atom stereocenters. The maximum Gasteiger partial charge on any atom is 0.274 e. The van der Waals surface area contributed by atoms with Crippen molar-refractivity contribution in [1.29, 1.82) is 0 Å². The highest BCUT2D eigenvalue weighted by molar-refractivity contribution is 7.43. The third kappa shape index (κ3) is 56.0. The molecule has 0 aromatic heterocycles. The molecule has 0 saturated heterocycles. The van der Waals surface area contributed by atoms with Crippen molar-refractivity contribution < 1.29 is 89.4 Å². The van der Waals surface area contributed by atoms with Crippen LogP contribution in [0.4, 0.5) is 0 Å². The van der Waals surface area contributed by atoms with Crippen LogP contribution < -0.4 is 33.0 Å². The monoisotopic (exact) mass is 666 g/mol. The lowest BCUT2D eigenvalue weighted by Crippen LogP contribution is -2.70. The van der Waals surface area contributed by atoms with E-state index >= 15 is 0 Å². The van der Waals surface area contributed by atoms with Gasteiger partial charge in [0.15, 0.2) is 0 Å². The molecule has 0 aromatic carbocycles. The summed E-state index contributed by atoms with van der Waals surface area (Å²) < 4.78 is 0. The van der Waals surface area contributed by atoms with Gasteiger partial charge in [0.25, 0.3) is 5.79 Å². The molecule has 0 aromatic rings. The van der Waals surface area contributed by atoms with Gasteiger partial charge in [0, 0.05) is 12.8 Å². The van der Waals surface area contributed by atoms with Crippen molar-refractivity contribution in [3.05, 3.63) is 0 Å². The van der Waals surface area contributed by atoms with Crippen molar-refractivity contribution >= 4 is 51.2 Å². The number of hydrogen-bond acceptors (Lipinski definition) is 24. The van der Waals surface area contributed by atoms with Crippen molar-refractivity contribution in [2.45, 2.75) is 36.6 Å². The van der Waals surface area contributed by atoms with Gasteiger partial charge in [0.1, 0.15) is 0 Å². The molecule has 0 spiro atoms. The molecule has 0 radical (unpaired) electrons. The minimum atomic E-state index is -3.31. The maximum absolute atomic E-state index is 8.99. The molecule has 24 nitrogen and oxygen atoms in total. The van der Waals surface area contributed by atoms with E-state index in [2.05, 4.69) is 33.0 Å². The van der Waals surface area contributed by atoms with Gasteiger partial charge >= 0.3 is 0 Å². The van der Waals surface area contributed by atoms with E-state index in [0.717, 1.165) is 0 Å². The number of hydrogen-bond donors (Lipinski definition) is 24. The van der Waals surface area contributed by atoms with E-state index in [1.54, 1.807) is 0 Å². The Balaban J connectivity index is -0.0000000797. The van der Waals surface area contributed by atoms with Gasteiger partial charge in [-0.25, -0.2) is 0 Å². The summed E-state index contributed by atoms with van der Waals surface area (Å²) in [5.41, 5.74) is 25.7. The molecule has 0 bridgehead atoms. The van der Waals surface area contributed by atoms with E-state index in [-0.39, 0.29) is 19.3 Å². The molecule has 0 aliphatic heterocycles. The minimum Gasteiger partial charge on any atom is -0.361 e. The Morgan fingerprint density at radius 1 is 0.361 bits per heavy atom. The zero-order chi connectivity index (χ0) is 31.1. The van der Waals surface area contributed by atoms with Gasteiger partial charge in [-0.3, -0.25) is 33.0 Å². The summed E-state index contributed by atoms with van der Waals surface area (Å²) in [6.07, 6.45) is -0.547. The maximum atomic E-state index is 8.99. The highest BCUT2D eigenvalue weighted by Gasteiger charge is 2.63. The minimum absolute atomic E-state index is 0.0862. The first-order valence-corrected chi connectivity index (χ1v) is 15.4. The molecule has 1 fully saturated rings. The molecule has 0 unspecified atom stereocenters. The van der Waals surface area contributed by atoms with Crippen LogP contribution in [0, 0.1) is 0 Å². The molecule has 228 valence electrons. The average molecular weight is 666 g/mol. The molecule has 30 N–H and O–H groups in total. The van der Waals surface area contributed by atoms with Crippen LogP contribution in [0.1, 0.15) is 19.3 Å².